The molecule has 1 amide bonds. The Morgan fingerprint density at radius 3 is 2.40 bits per heavy atom. The summed E-state index contributed by atoms with van der Waals surface area (Å²) in [5.74, 6) is 1.46. The third-order valence-electron chi connectivity index (χ3n) is 6.21. The molecule has 2 aromatic carbocycles. The van der Waals surface area contributed by atoms with E-state index in [1.807, 2.05) is 42.5 Å². The minimum absolute atomic E-state index is 0.108. The maximum absolute atomic E-state index is 13.2. The standard InChI is InChI=1S/C27H33N3O5/c1-32-24-16-19(17-25(33-2)26(24)34-3)23-18-21(20-8-4-5-9-22(20)29-23)27(31)28-10-6-7-11-30-12-14-35-15-13-30/h4-5,8-9,16-18H,6-7,10-15H2,1-3H3,(H,28,31). The van der Waals surface area contributed by atoms with Gasteiger partial charge in [0.2, 0.25) is 5.75 Å². The second-order valence-corrected chi connectivity index (χ2v) is 8.40. The van der Waals surface area contributed by atoms with Crippen LogP contribution in [-0.2, 0) is 4.74 Å². The number of methoxy groups -OCH3 is 3. The summed E-state index contributed by atoms with van der Waals surface area (Å²) in [4.78, 5) is 20.4. The van der Waals surface area contributed by atoms with Crippen molar-refractivity contribution in [2.75, 3.05) is 60.7 Å². The zero-order chi connectivity index (χ0) is 24.6. The number of carbonyl (C=O) groups excluding carboxylic acids is 1. The van der Waals surface area contributed by atoms with Gasteiger partial charge in [0.25, 0.3) is 5.91 Å². The lowest BCUT2D eigenvalue weighted by Gasteiger charge is -2.26. The van der Waals surface area contributed by atoms with Gasteiger partial charge in [0.05, 0.1) is 51.3 Å². The molecule has 0 unspecified atom stereocenters. The number of benzene rings is 2. The Morgan fingerprint density at radius 1 is 1.00 bits per heavy atom. The van der Waals surface area contributed by atoms with Gasteiger partial charge < -0.3 is 24.3 Å². The number of hydrogen-bond acceptors (Lipinski definition) is 7. The van der Waals surface area contributed by atoms with Gasteiger partial charge in [-0.15, -0.1) is 0 Å². The molecule has 0 radical (unpaired) electrons. The summed E-state index contributed by atoms with van der Waals surface area (Å²) < 4.78 is 21.8. The number of aromatic nitrogens is 1. The number of fused-ring (bicyclic) bond motifs is 1. The Hall–Kier alpha value is -3.36. The van der Waals surface area contributed by atoms with Crippen LogP contribution in [0.2, 0.25) is 0 Å². The predicted octanol–water partition coefficient (Wildman–Crippen LogP) is 3.77. The summed E-state index contributed by atoms with van der Waals surface area (Å²) in [5, 5.41) is 3.91. The Balaban J connectivity index is 1.54. The summed E-state index contributed by atoms with van der Waals surface area (Å²) in [6, 6.07) is 13.2. The number of hydrogen-bond donors (Lipinski definition) is 1. The van der Waals surface area contributed by atoms with E-state index in [1.165, 1.54) is 0 Å². The summed E-state index contributed by atoms with van der Waals surface area (Å²) in [5.41, 5.74) is 2.76. The Kier molecular flexibility index (Phi) is 8.39. The van der Waals surface area contributed by atoms with Crippen LogP contribution in [0, 0.1) is 0 Å². The molecule has 0 spiro atoms. The van der Waals surface area contributed by atoms with Gasteiger partial charge in [-0.05, 0) is 43.7 Å². The minimum atomic E-state index is -0.108. The molecule has 1 N–H and O–H groups in total. The van der Waals surface area contributed by atoms with Crippen LogP contribution in [0.4, 0.5) is 0 Å². The van der Waals surface area contributed by atoms with Gasteiger partial charge in [-0.3, -0.25) is 9.69 Å². The van der Waals surface area contributed by atoms with Crippen LogP contribution in [0.5, 0.6) is 17.2 Å². The molecule has 35 heavy (non-hydrogen) atoms. The van der Waals surface area contributed by atoms with Crippen LogP contribution in [-0.4, -0.2) is 76.5 Å². The van der Waals surface area contributed by atoms with E-state index in [-0.39, 0.29) is 5.91 Å². The van der Waals surface area contributed by atoms with Gasteiger partial charge in [-0.2, -0.15) is 0 Å². The zero-order valence-corrected chi connectivity index (χ0v) is 20.6. The molecule has 8 heteroatoms. The first-order valence-corrected chi connectivity index (χ1v) is 11.9. The van der Waals surface area contributed by atoms with Crippen molar-refractivity contribution >= 4 is 16.8 Å². The number of rotatable bonds is 10. The van der Waals surface area contributed by atoms with Gasteiger partial charge in [-0.25, -0.2) is 4.98 Å². The first kappa shape index (κ1) is 24.8. The second-order valence-electron chi connectivity index (χ2n) is 8.40. The van der Waals surface area contributed by atoms with Gasteiger partial charge in [-0.1, -0.05) is 18.2 Å². The first-order chi connectivity index (χ1) is 17.1. The third-order valence-corrected chi connectivity index (χ3v) is 6.21. The lowest BCUT2D eigenvalue weighted by atomic mass is 10.0. The van der Waals surface area contributed by atoms with E-state index in [9.17, 15) is 4.79 Å². The average molecular weight is 480 g/mol. The van der Waals surface area contributed by atoms with Crippen LogP contribution >= 0.6 is 0 Å². The molecule has 1 aliphatic heterocycles. The summed E-state index contributed by atoms with van der Waals surface area (Å²) >= 11 is 0. The summed E-state index contributed by atoms with van der Waals surface area (Å²) in [7, 11) is 4.72. The fourth-order valence-corrected chi connectivity index (χ4v) is 4.32. The molecule has 1 saturated heterocycles. The molecule has 186 valence electrons. The van der Waals surface area contributed by atoms with Crippen molar-refractivity contribution in [3.63, 3.8) is 0 Å². The summed E-state index contributed by atoms with van der Waals surface area (Å²) in [6.45, 7) is 5.24. The maximum Gasteiger partial charge on any atom is 0.252 e. The highest BCUT2D eigenvalue weighted by Gasteiger charge is 2.18. The normalized spacial score (nSPS) is 14.0. The van der Waals surface area contributed by atoms with Crippen molar-refractivity contribution in [2.24, 2.45) is 0 Å². The first-order valence-electron chi connectivity index (χ1n) is 11.9. The fraction of sp³-hybridized carbons (Fsp3) is 0.407. The molecule has 1 aliphatic rings. The molecular weight excluding hydrogens is 446 g/mol. The SMILES string of the molecule is COc1cc(-c2cc(C(=O)NCCCCN3CCOCC3)c3ccccc3n2)cc(OC)c1OC. The van der Waals surface area contributed by atoms with Gasteiger partial charge in [0.15, 0.2) is 11.5 Å². The van der Waals surface area contributed by atoms with E-state index >= 15 is 0 Å². The monoisotopic (exact) mass is 479 g/mol. The van der Waals surface area contributed by atoms with Crippen molar-refractivity contribution in [3.8, 4) is 28.5 Å². The average Bonchev–Trinajstić information content (AvgIpc) is 2.91. The summed E-state index contributed by atoms with van der Waals surface area (Å²) in [6.07, 6.45) is 1.96. The zero-order valence-electron chi connectivity index (χ0n) is 20.6. The quantitative estimate of drug-likeness (QED) is 0.443. The number of para-hydroxylation sites is 1. The number of nitrogens with zero attached hydrogens (tertiary/aromatic N) is 2. The maximum atomic E-state index is 13.2. The third kappa shape index (κ3) is 5.83. The van der Waals surface area contributed by atoms with Crippen LogP contribution in [0.1, 0.15) is 23.2 Å². The van der Waals surface area contributed by atoms with Gasteiger partial charge in [0.1, 0.15) is 0 Å². The van der Waals surface area contributed by atoms with Crippen molar-refractivity contribution in [3.05, 3.63) is 48.0 Å². The van der Waals surface area contributed by atoms with Gasteiger partial charge in [0, 0.05) is 30.6 Å². The smallest absolute Gasteiger partial charge is 0.252 e. The second kappa shape index (κ2) is 11.9. The molecular formula is C27H33N3O5. The lowest BCUT2D eigenvalue weighted by molar-refractivity contribution is 0.0372. The number of amides is 1. The number of morpholine rings is 1. The van der Waals surface area contributed by atoms with Crippen molar-refractivity contribution in [1.29, 1.82) is 0 Å². The highest BCUT2D eigenvalue weighted by Crippen LogP contribution is 2.41. The number of pyridine rings is 1. The van der Waals surface area contributed by atoms with Crippen LogP contribution in [0.15, 0.2) is 42.5 Å². The van der Waals surface area contributed by atoms with Crippen LogP contribution < -0.4 is 19.5 Å². The molecule has 0 bridgehead atoms. The molecule has 0 atom stereocenters. The number of carbonyl (C=O) groups is 1. The van der Waals surface area contributed by atoms with Gasteiger partial charge >= 0.3 is 0 Å². The van der Waals surface area contributed by atoms with Crippen molar-refractivity contribution in [1.82, 2.24) is 15.2 Å². The fourth-order valence-electron chi connectivity index (χ4n) is 4.32. The number of ether oxygens (including phenoxy) is 4. The van der Waals surface area contributed by atoms with E-state index in [1.54, 1.807) is 21.3 Å². The molecule has 8 nitrogen and oxygen atoms in total. The van der Waals surface area contributed by atoms with Crippen LogP contribution in [0.3, 0.4) is 0 Å². The lowest BCUT2D eigenvalue weighted by Crippen LogP contribution is -2.37. The highest BCUT2D eigenvalue weighted by molar-refractivity contribution is 6.07. The molecule has 0 aliphatic carbocycles. The molecule has 1 aromatic heterocycles. The minimum Gasteiger partial charge on any atom is -0.493 e. The molecule has 0 saturated carbocycles. The van der Waals surface area contributed by atoms with E-state index in [0.29, 0.717) is 35.1 Å². The Labute approximate surface area is 206 Å². The van der Waals surface area contributed by atoms with E-state index in [4.69, 9.17) is 23.9 Å². The van der Waals surface area contributed by atoms with Crippen molar-refractivity contribution < 1.29 is 23.7 Å². The topological polar surface area (TPSA) is 82.2 Å². The highest BCUT2D eigenvalue weighted by atomic mass is 16.5. The molecule has 1 fully saturated rings. The molecule has 3 aromatic rings. The number of nitrogens with one attached hydrogen (secondary N) is 1. The number of unbranched alkanes of at least 4 members (excludes halogenated alkanes) is 1. The largest absolute Gasteiger partial charge is 0.493 e. The van der Waals surface area contributed by atoms with E-state index < -0.39 is 0 Å². The Morgan fingerprint density at radius 2 is 1.71 bits per heavy atom. The van der Waals surface area contributed by atoms with Crippen molar-refractivity contribution in [2.45, 2.75) is 12.8 Å². The van der Waals surface area contributed by atoms with E-state index in [2.05, 4.69) is 10.2 Å². The predicted molar refractivity (Wildman–Crippen MR) is 136 cm³/mol. The Bertz CT molecular complexity index is 1140. The van der Waals surface area contributed by atoms with E-state index in [0.717, 1.165) is 62.2 Å². The molecule has 4 rings (SSSR count). The molecule has 2 heterocycles. The van der Waals surface area contributed by atoms with Crippen LogP contribution in [0.25, 0.3) is 22.2 Å².